The normalized spacial score (nSPS) is 16.1. The maximum Gasteiger partial charge on any atom is 0.555 e. The molecule has 0 bridgehead atoms. The Labute approximate surface area is 99.3 Å². The van der Waals surface area contributed by atoms with Crippen LogP contribution in [0.5, 0.6) is 5.75 Å². The summed E-state index contributed by atoms with van der Waals surface area (Å²) in [5.74, 6) is 0.263. The van der Waals surface area contributed by atoms with E-state index in [4.69, 9.17) is 0 Å². The number of ether oxygens (including phenoxy) is 1. The highest BCUT2D eigenvalue weighted by atomic mass is 16.7. The van der Waals surface area contributed by atoms with Crippen LogP contribution in [0.15, 0.2) is 48.1 Å². The molecule has 1 aromatic carbocycles. The zero-order valence-electron chi connectivity index (χ0n) is 9.05. The number of benzene rings is 1. The molecule has 1 aliphatic carbocycles. The molecule has 0 amide bonds. The summed E-state index contributed by atoms with van der Waals surface area (Å²) in [7, 11) is 0. The second-order valence-corrected chi connectivity index (χ2v) is 3.55. The first-order chi connectivity index (χ1) is 8.24. The van der Waals surface area contributed by atoms with Crippen LogP contribution in [0.4, 0.5) is 4.79 Å². The number of carbonyl (C=O) groups excluding carboxylic acids is 1. The Hall–Kier alpha value is -2.29. The van der Waals surface area contributed by atoms with Gasteiger partial charge in [0.1, 0.15) is 5.75 Å². The van der Waals surface area contributed by atoms with E-state index in [-0.39, 0.29) is 5.75 Å². The predicted octanol–water partition coefficient (Wildman–Crippen LogP) is 3.32. The Morgan fingerprint density at radius 2 is 2.06 bits per heavy atom. The minimum absolute atomic E-state index is 0.263. The molecule has 3 heteroatoms. The van der Waals surface area contributed by atoms with Gasteiger partial charge in [0.2, 0.25) is 0 Å². The van der Waals surface area contributed by atoms with E-state index in [2.05, 4.69) is 10.8 Å². The molecule has 0 fully saturated rings. The van der Waals surface area contributed by atoms with Crippen LogP contribution in [-0.4, -0.2) is 6.16 Å². The van der Waals surface area contributed by atoms with E-state index in [1.807, 2.05) is 24.3 Å². The van der Waals surface area contributed by atoms with Gasteiger partial charge in [-0.15, -0.1) is 0 Å². The van der Waals surface area contributed by atoms with Crippen LogP contribution in [0, 0.1) is 6.08 Å². The van der Waals surface area contributed by atoms with Crippen molar-refractivity contribution < 1.29 is 14.6 Å². The minimum Gasteiger partial charge on any atom is -0.392 e. The molecule has 0 unspecified atom stereocenters. The Balaban J connectivity index is 2.10. The number of rotatable bonds is 2. The van der Waals surface area contributed by atoms with E-state index in [0.717, 1.165) is 12.0 Å². The third-order valence-corrected chi connectivity index (χ3v) is 2.28. The summed E-state index contributed by atoms with van der Waals surface area (Å²) in [6.07, 6.45) is 10.1. The first-order valence-corrected chi connectivity index (χ1v) is 5.18. The highest BCUT2D eigenvalue weighted by molar-refractivity contribution is 5.62. The van der Waals surface area contributed by atoms with Crippen molar-refractivity contribution in [3.63, 3.8) is 0 Å². The fraction of sp³-hybridized carbons (Fsp3) is 0.0714. The number of hydrogen-bond donors (Lipinski definition) is 0. The maximum atomic E-state index is 10.2. The summed E-state index contributed by atoms with van der Waals surface area (Å²) in [4.78, 5) is 10.2. The number of hydrogen-bond acceptors (Lipinski definition) is 2. The van der Waals surface area contributed by atoms with Gasteiger partial charge in [0.25, 0.3) is 0 Å². The Bertz CT molecular complexity index is 493. The maximum absolute atomic E-state index is 10.2. The van der Waals surface area contributed by atoms with Gasteiger partial charge in [0.15, 0.2) is 0 Å². The third kappa shape index (κ3) is 3.34. The molecule has 0 saturated carbocycles. The van der Waals surface area contributed by atoms with Crippen LogP contribution >= 0.6 is 0 Å². The van der Waals surface area contributed by atoms with Crippen LogP contribution < -0.4 is 4.74 Å². The van der Waals surface area contributed by atoms with Gasteiger partial charge in [0, 0.05) is 0 Å². The first kappa shape index (κ1) is 11.2. The van der Waals surface area contributed by atoms with Crippen LogP contribution in [-0.2, 0) is 5.11 Å². The highest BCUT2D eigenvalue weighted by Crippen LogP contribution is 2.18. The molecular formula is C14H10O3. The first-order valence-electron chi connectivity index (χ1n) is 5.18. The largest absolute Gasteiger partial charge is 0.555 e. The molecule has 1 aliphatic rings. The lowest BCUT2D eigenvalue weighted by molar-refractivity contribution is 0.117. The van der Waals surface area contributed by atoms with E-state index < -0.39 is 6.16 Å². The van der Waals surface area contributed by atoms with Crippen molar-refractivity contribution in [3.05, 3.63) is 59.7 Å². The SMILES string of the molecule is [O]C(=O)Oc1ccc(C=C2C=C[C]=CC2)cc1. The minimum atomic E-state index is -1.55. The summed E-state index contributed by atoms with van der Waals surface area (Å²) in [5.41, 5.74) is 2.17. The molecule has 2 radical (unpaired) electrons. The van der Waals surface area contributed by atoms with Gasteiger partial charge in [-0.05, 0) is 35.8 Å². The highest BCUT2D eigenvalue weighted by Gasteiger charge is 2.02. The van der Waals surface area contributed by atoms with Gasteiger partial charge in [-0.25, -0.2) is 0 Å². The van der Waals surface area contributed by atoms with Crippen LogP contribution in [0.1, 0.15) is 12.0 Å². The van der Waals surface area contributed by atoms with Gasteiger partial charge in [-0.1, -0.05) is 36.4 Å². The summed E-state index contributed by atoms with van der Waals surface area (Å²) in [6.45, 7) is 0. The molecule has 0 saturated heterocycles. The van der Waals surface area contributed by atoms with Crippen LogP contribution in [0.3, 0.4) is 0 Å². The number of allylic oxidation sites excluding steroid dienone is 5. The standard InChI is InChI=1S/C14H10O3/c15-14(16)17-13-8-6-12(7-9-13)10-11-4-2-1-3-5-11/h2-4,6-10H,5H2. The van der Waals surface area contributed by atoms with Crippen molar-refractivity contribution in [3.8, 4) is 5.75 Å². The van der Waals surface area contributed by atoms with Crippen molar-refractivity contribution in [1.82, 2.24) is 0 Å². The molecule has 0 N–H and O–H groups in total. The summed E-state index contributed by atoms with van der Waals surface area (Å²) in [5, 5.41) is 10.2. The van der Waals surface area contributed by atoms with E-state index in [0.29, 0.717) is 0 Å². The van der Waals surface area contributed by atoms with Crippen molar-refractivity contribution in [1.29, 1.82) is 0 Å². The zero-order valence-corrected chi connectivity index (χ0v) is 9.05. The lowest BCUT2D eigenvalue weighted by Crippen LogP contribution is -2.00. The molecule has 0 atom stereocenters. The second kappa shape index (κ2) is 5.16. The summed E-state index contributed by atoms with van der Waals surface area (Å²) in [6, 6.07) is 6.77. The third-order valence-electron chi connectivity index (χ3n) is 2.28. The molecule has 17 heavy (non-hydrogen) atoms. The fourth-order valence-corrected chi connectivity index (χ4v) is 1.52. The quantitative estimate of drug-likeness (QED) is 0.573. The number of carbonyl (C=O) groups is 1. The Morgan fingerprint density at radius 1 is 1.29 bits per heavy atom. The molecule has 3 nitrogen and oxygen atoms in total. The topological polar surface area (TPSA) is 46.2 Å². The van der Waals surface area contributed by atoms with E-state index in [1.54, 1.807) is 24.3 Å². The molecule has 0 spiro atoms. The van der Waals surface area contributed by atoms with Crippen molar-refractivity contribution in [2.24, 2.45) is 0 Å². The summed E-state index contributed by atoms with van der Waals surface area (Å²) < 4.78 is 4.41. The fourth-order valence-electron chi connectivity index (χ4n) is 1.52. The van der Waals surface area contributed by atoms with Crippen LogP contribution in [0.2, 0.25) is 0 Å². The lowest BCUT2D eigenvalue weighted by Gasteiger charge is -2.03. The van der Waals surface area contributed by atoms with E-state index >= 15 is 0 Å². The van der Waals surface area contributed by atoms with Gasteiger partial charge < -0.3 is 4.74 Å². The molecule has 1 aromatic rings. The van der Waals surface area contributed by atoms with Crippen molar-refractivity contribution >= 4 is 12.2 Å². The average Bonchev–Trinajstić information content (AvgIpc) is 2.32. The molecule has 0 aromatic heterocycles. The Kier molecular flexibility index (Phi) is 3.40. The van der Waals surface area contributed by atoms with Crippen molar-refractivity contribution in [2.45, 2.75) is 6.42 Å². The van der Waals surface area contributed by atoms with Gasteiger partial charge in [-0.2, -0.15) is 9.90 Å². The van der Waals surface area contributed by atoms with Gasteiger partial charge in [0.05, 0.1) is 0 Å². The predicted molar refractivity (Wildman–Crippen MR) is 62.7 cm³/mol. The molecular weight excluding hydrogens is 216 g/mol. The monoisotopic (exact) mass is 226 g/mol. The van der Waals surface area contributed by atoms with E-state index in [1.165, 1.54) is 5.57 Å². The summed E-state index contributed by atoms with van der Waals surface area (Å²) >= 11 is 0. The van der Waals surface area contributed by atoms with Gasteiger partial charge >= 0.3 is 6.16 Å². The molecule has 0 heterocycles. The zero-order chi connectivity index (χ0) is 12.1. The van der Waals surface area contributed by atoms with Crippen molar-refractivity contribution in [2.75, 3.05) is 0 Å². The smallest absolute Gasteiger partial charge is 0.392 e. The van der Waals surface area contributed by atoms with Crippen LogP contribution in [0.25, 0.3) is 6.08 Å². The second-order valence-electron chi connectivity index (χ2n) is 3.55. The molecule has 2 rings (SSSR count). The average molecular weight is 226 g/mol. The van der Waals surface area contributed by atoms with Gasteiger partial charge in [-0.3, -0.25) is 0 Å². The lowest BCUT2D eigenvalue weighted by atomic mass is 10.0. The molecule has 84 valence electrons. The van der Waals surface area contributed by atoms with E-state index in [9.17, 15) is 9.90 Å². The Morgan fingerprint density at radius 3 is 2.65 bits per heavy atom. The molecule has 0 aliphatic heterocycles.